The molecule has 3 heteroatoms. The molecule has 0 unspecified atom stereocenters. The summed E-state index contributed by atoms with van der Waals surface area (Å²) in [6.07, 6.45) is 3.64. The van der Waals surface area contributed by atoms with E-state index >= 15 is 0 Å². The summed E-state index contributed by atoms with van der Waals surface area (Å²) < 4.78 is 0. The summed E-state index contributed by atoms with van der Waals surface area (Å²) in [4.78, 5) is 0. The number of aromatic nitrogens is 2. The third kappa shape index (κ3) is 2.37. The van der Waals surface area contributed by atoms with Gasteiger partial charge in [-0.25, -0.2) is 0 Å². The van der Waals surface area contributed by atoms with Crippen molar-refractivity contribution < 1.29 is 0 Å². The van der Waals surface area contributed by atoms with Gasteiger partial charge in [0, 0.05) is 12.7 Å². The van der Waals surface area contributed by atoms with Crippen LogP contribution in [-0.4, -0.2) is 10.2 Å². The number of benzene rings is 1. The van der Waals surface area contributed by atoms with Crippen molar-refractivity contribution in [2.45, 2.75) is 20.4 Å². The smallest absolute Gasteiger partial charge is 0.0726 e. The Morgan fingerprint density at radius 1 is 1.33 bits per heavy atom. The third-order valence-corrected chi connectivity index (χ3v) is 2.49. The van der Waals surface area contributed by atoms with Gasteiger partial charge in [0.1, 0.15) is 0 Å². The van der Waals surface area contributed by atoms with Gasteiger partial charge in [0.15, 0.2) is 0 Å². The highest BCUT2D eigenvalue weighted by Crippen LogP contribution is 2.12. The molecule has 0 spiro atoms. The molecule has 2 N–H and O–H groups in total. The topological polar surface area (TPSA) is 40.7 Å². The average molecular weight is 201 g/mol. The highest BCUT2D eigenvalue weighted by Gasteiger charge is 1.99. The molecule has 0 aliphatic rings. The van der Waals surface area contributed by atoms with Crippen molar-refractivity contribution in [3.8, 4) is 0 Å². The van der Waals surface area contributed by atoms with E-state index in [0.29, 0.717) is 0 Å². The molecular formula is C12H15N3. The Bertz CT molecular complexity index is 432. The van der Waals surface area contributed by atoms with Crippen molar-refractivity contribution in [2.75, 3.05) is 5.32 Å². The van der Waals surface area contributed by atoms with Gasteiger partial charge in [-0.15, -0.1) is 0 Å². The van der Waals surface area contributed by atoms with Crippen molar-refractivity contribution in [1.82, 2.24) is 10.2 Å². The fourth-order valence-electron chi connectivity index (χ4n) is 1.54. The number of nitrogens with one attached hydrogen (secondary N) is 2. The zero-order valence-corrected chi connectivity index (χ0v) is 9.04. The summed E-state index contributed by atoms with van der Waals surface area (Å²) in [6.45, 7) is 5.08. The normalized spacial score (nSPS) is 10.3. The third-order valence-electron chi connectivity index (χ3n) is 2.49. The van der Waals surface area contributed by atoms with E-state index in [1.807, 2.05) is 6.20 Å². The quantitative estimate of drug-likeness (QED) is 0.801. The number of aryl methyl sites for hydroxylation is 2. The Labute approximate surface area is 89.5 Å². The van der Waals surface area contributed by atoms with Crippen LogP contribution in [0, 0.1) is 13.8 Å². The minimum Gasteiger partial charge on any atom is -0.378 e. The first kappa shape index (κ1) is 9.77. The van der Waals surface area contributed by atoms with Gasteiger partial charge in [-0.2, -0.15) is 5.10 Å². The van der Waals surface area contributed by atoms with Crippen molar-refractivity contribution in [3.05, 3.63) is 47.3 Å². The van der Waals surface area contributed by atoms with Crippen molar-refractivity contribution in [3.63, 3.8) is 0 Å². The molecule has 0 saturated heterocycles. The number of rotatable bonds is 3. The molecule has 0 bridgehead atoms. The number of H-pyrrole nitrogens is 1. The van der Waals surface area contributed by atoms with Gasteiger partial charge in [0.2, 0.25) is 0 Å². The van der Waals surface area contributed by atoms with E-state index < -0.39 is 0 Å². The summed E-state index contributed by atoms with van der Waals surface area (Å²) in [5, 5.41) is 9.98. The molecule has 2 aromatic rings. The molecule has 78 valence electrons. The molecule has 0 aliphatic heterocycles. The van der Waals surface area contributed by atoms with Crippen LogP contribution in [0.2, 0.25) is 0 Å². The van der Waals surface area contributed by atoms with Crippen molar-refractivity contribution >= 4 is 5.69 Å². The number of aromatic amines is 1. The van der Waals surface area contributed by atoms with Crippen molar-refractivity contribution in [2.24, 2.45) is 0 Å². The highest BCUT2D eigenvalue weighted by molar-refractivity contribution is 5.40. The van der Waals surface area contributed by atoms with Crippen LogP contribution in [0.3, 0.4) is 0 Å². The van der Waals surface area contributed by atoms with E-state index in [2.05, 4.69) is 47.6 Å². The Hall–Kier alpha value is -1.77. The van der Waals surface area contributed by atoms with Gasteiger partial charge in [0.05, 0.1) is 11.9 Å². The lowest BCUT2D eigenvalue weighted by atomic mass is 10.1. The minimum absolute atomic E-state index is 0.840. The maximum absolute atomic E-state index is 3.89. The molecule has 0 atom stereocenters. The first-order chi connectivity index (χ1) is 7.25. The Kier molecular flexibility index (Phi) is 2.72. The van der Waals surface area contributed by atoms with Gasteiger partial charge in [-0.3, -0.25) is 5.10 Å². The summed E-state index contributed by atoms with van der Waals surface area (Å²) in [5.74, 6) is 0. The molecule has 0 saturated carbocycles. The zero-order valence-electron chi connectivity index (χ0n) is 9.04. The van der Waals surface area contributed by atoms with E-state index in [1.54, 1.807) is 6.20 Å². The Morgan fingerprint density at radius 2 is 2.20 bits per heavy atom. The summed E-state index contributed by atoms with van der Waals surface area (Å²) in [5.41, 5.74) is 4.97. The predicted octanol–water partition coefficient (Wildman–Crippen LogP) is 2.64. The molecule has 0 amide bonds. The Morgan fingerprint density at radius 3 is 2.93 bits per heavy atom. The van der Waals surface area contributed by atoms with Gasteiger partial charge >= 0.3 is 0 Å². The van der Waals surface area contributed by atoms with Gasteiger partial charge in [-0.05, 0) is 25.0 Å². The van der Waals surface area contributed by atoms with Crippen LogP contribution in [0.4, 0.5) is 5.69 Å². The first-order valence-corrected chi connectivity index (χ1v) is 5.04. The van der Waals surface area contributed by atoms with E-state index in [-0.39, 0.29) is 0 Å². The van der Waals surface area contributed by atoms with Crippen LogP contribution >= 0.6 is 0 Å². The first-order valence-electron chi connectivity index (χ1n) is 5.04. The van der Waals surface area contributed by atoms with Gasteiger partial charge in [-0.1, -0.05) is 23.8 Å². The lowest BCUT2D eigenvalue weighted by Gasteiger charge is -2.08. The number of hydrogen-bond donors (Lipinski definition) is 2. The molecule has 1 heterocycles. The lowest BCUT2D eigenvalue weighted by molar-refractivity contribution is 1.09. The van der Waals surface area contributed by atoms with E-state index in [4.69, 9.17) is 0 Å². The molecule has 1 aromatic carbocycles. The lowest BCUT2D eigenvalue weighted by Crippen LogP contribution is -2.00. The van der Waals surface area contributed by atoms with Crippen LogP contribution in [0.5, 0.6) is 0 Å². The molecular weight excluding hydrogens is 186 g/mol. The predicted molar refractivity (Wildman–Crippen MR) is 61.8 cm³/mol. The second-order valence-electron chi connectivity index (χ2n) is 3.77. The van der Waals surface area contributed by atoms with Crippen LogP contribution in [0.1, 0.15) is 16.7 Å². The SMILES string of the molecule is Cc1ccc(C)c(CNc2cn[nH]c2)c1. The highest BCUT2D eigenvalue weighted by atomic mass is 15.1. The van der Waals surface area contributed by atoms with E-state index in [0.717, 1.165) is 12.2 Å². The van der Waals surface area contributed by atoms with Gasteiger partial charge < -0.3 is 5.32 Å². The van der Waals surface area contributed by atoms with Crippen molar-refractivity contribution in [1.29, 1.82) is 0 Å². The number of hydrogen-bond acceptors (Lipinski definition) is 2. The largest absolute Gasteiger partial charge is 0.378 e. The molecule has 1 aromatic heterocycles. The standard InChI is InChI=1S/C12H15N3/c1-9-3-4-10(2)11(5-9)6-13-12-7-14-15-8-12/h3-5,7-8,13H,6H2,1-2H3,(H,14,15). The second kappa shape index (κ2) is 4.17. The fraction of sp³-hybridized carbons (Fsp3) is 0.250. The molecule has 0 radical (unpaired) electrons. The monoisotopic (exact) mass is 201 g/mol. The summed E-state index contributed by atoms with van der Waals surface area (Å²) >= 11 is 0. The number of nitrogens with zero attached hydrogens (tertiary/aromatic N) is 1. The zero-order chi connectivity index (χ0) is 10.7. The van der Waals surface area contributed by atoms with E-state index in [9.17, 15) is 0 Å². The van der Waals surface area contributed by atoms with Crippen LogP contribution in [0.25, 0.3) is 0 Å². The molecule has 0 aliphatic carbocycles. The maximum Gasteiger partial charge on any atom is 0.0726 e. The van der Waals surface area contributed by atoms with Crippen LogP contribution in [-0.2, 0) is 6.54 Å². The number of anilines is 1. The summed E-state index contributed by atoms with van der Waals surface area (Å²) in [6, 6.07) is 6.50. The summed E-state index contributed by atoms with van der Waals surface area (Å²) in [7, 11) is 0. The van der Waals surface area contributed by atoms with Crippen LogP contribution < -0.4 is 5.32 Å². The molecule has 2 rings (SSSR count). The maximum atomic E-state index is 3.89. The fourth-order valence-corrected chi connectivity index (χ4v) is 1.54. The molecule has 0 fully saturated rings. The van der Waals surface area contributed by atoms with Gasteiger partial charge in [0.25, 0.3) is 0 Å². The van der Waals surface area contributed by atoms with E-state index in [1.165, 1.54) is 16.7 Å². The minimum atomic E-state index is 0.840. The second-order valence-corrected chi connectivity index (χ2v) is 3.77. The molecule has 3 nitrogen and oxygen atoms in total. The van der Waals surface area contributed by atoms with Crippen LogP contribution in [0.15, 0.2) is 30.6 Å². The molecule has 15 heavy (non-hydrogen) atoms. The Balaban J connectivity index is 2.07. The average Bonchev–Trinajstić information content (AvgIpc) is 2.72.